The third-order valence-electron chi connectivity index (χ3n) is 6.29. The largest absolute Gasteiger partial charge is 0.494 e. The SMILES string of the molecule is CCOc1ccc(N2C(=O)Nc3ccc(Br)cc3[C@]2(O)C(=O)NC2CCCCCCC2)cc1. The first-order chi connectivity index (χ1) is 15.9. The zero-order valence-corrected chi connectivity index (χ0v) is 20.4. The third-order valence-corrected chi connectivity index (χ3v) is 6.78. The molecule has 0 aromatic heterocycles. The molecule has 8 heteroatoms. The highest BCUT2D eigenvalue weighted by Crippen LogP contribution is 2.41. The van der Waals surface area contributed by atoms with E-state index in [1.54, 1.807) is 42.5 Å². The van der Waals surface area contributed by atoms with Crippen molar-refractivity contribution in [1.82, 2.24) is 5.32 Å². The maximum Gasteiger partial charge on any atom is 0.329 e. The van der Waals surface area contributed by atoms with Crippen molar-refractivity contribution in [1.29, 1.82) is 0 Å². The molecule has 2 aromatic carbocycles. The Morgan fingerprint density at radius 3 is 2.48 bits per heavy atom. The predicted molar refractivity (Wildman–Crippen MR) is 131 cm³/mol. The third kappa shape index (κ3) is 4.87. The Hall–Kier alpha value is -2.58. The van der Waals surface area contributed by atoms with Crippen LogP contribution in [0.5, 0.6) is 5.75 Å². The van der Waals surface area contributed by atoms with E-state index in [0.717, 1.165) is 43.4 Å². The second-order valence-electron chi connectivity index (χ2n) is 8.57. The summed E-state index contributed by atoms with van der Waals surface area (Å²) in [7, 11) is 0. The number of carbonyl (C=O) groups is 2. The fraction of sp³-hybridized carbons (Fsp3) is 0.440. The van der Waals surface area contributed by atoms with Crippen molar-refractivity contribution in [3.05, 3.63) is 52.5 Å². The average Bonchev–Trinajstić information content (AvgIpc) is 2.77. The number of ether oxygens (including phenoxy) is 1. The molecule has 33 heavy (non-hydrogen) atoms. The molecule has 2 aromatic rings. The van der Waals surface area contributed by atoms with Gasteiger partial charge in [0, 0.05) is 21.8 Å². The topological polar surface area (TPSA) is 90.9 Å². The summed E-state index contributed by atoms with van der Waals surface area (Å²) in [6.45, 7) is 2.40. The molecule has 1 fully saturated rings. The zero-order chi connectivity index (χ0) is 23.4. The Labute approximate surface area is 202 Å². The number of benzene rings is 2. The van der Waals surface area contributed by atoms with E-state index < -0.39 is 17.7 Å². The van der Waals surface area contributed by atoms with Crippen LogP contribution in [0.15, 0.2) is 46.9 Å². The van der Waals surface area contributed by atoms with Gasteiger partial charge < -0.3 is 20.5 Å². The number of rotatable bonds is 5. The van der Waals surface area contributed by atoms with Crippen molar-refractivity contribution in [2.75, 3.05) is 16.8 Å². The van der Waals surface area contributed by atoms with Crippen molar-refractivity contribution >= 4 is 39.2 Å². The van der Waals surface area contributed by atoms with Gasteiger partial charge in [0.15, 0.2) is 0 Å². The quantitative estimate of drug-likeness (QED) is 0.505. The number of nitrogens with zero attached hydrogens (tertiary/aromatic N) is 1. The second kappa shape index (κ2) is 10.1. The van der Waals surface area contributed by atoms with Gasteiger partial charge in [0.2, 0.25) is 0 Å². The van der Waals surface area contributed by atoms with Crippen LogP contribution < -0.4 is 20.3 Å². The van der Waals surface area contributed by atoms with E-state index >= 15 is 0 Å². The average molecular weight is 516 g/mol. The number of carbonyl (C=O) groups excluding carboxylic acids is 2. The van der Waals surface area contributed by atoms with Crippen LogP contribution in [0.3, 0.4) is 0 Å². The van der Waals surface area contributed by atoms with Crippen LogP contribution >= 0.6 is 15.9 Å². The van der Waals surface area contributed by atoms with E-state index in [9.17, 15) is 14.7 Å². The van der Waals surface area contributed by atoms with Crippen molar-refractivity contribution in [3.63, 3.8) is 0 Å². The highest BCUT2D eigenvalue weighted by molar-refractivity contribution is 9.10. The lowest BCUT2D eigenvalue weighted by Gasteiger charge is -2.43. The molecule has 1 heterocycles. The van der Waals surface area contributed by atoms with Crippen LogP contribution in [0.25, 0.3) is 0 Å². The van der Waals surface area contributed by atoms with Gasteiger partial charge in [-0.15, -0.1) is 0 Å². The van der Waals surface area contributed by atoms with E-state index in [-0.39, 0.29) is 6.04 Å². The number of nitrogens with one attached hydrogen (secondary N) is 2. The standard InChI is InChI=1S/C25H30BrN3O4/c1-2-33-20-13-11-19(12-14-20)29-24(31)28-22-15-10-17(26)16-21(22)25(29,32)23(30)27-18-8-6-4-3-5-7-9-18/h10-16,18,32H,2-9H2,1H3,(H,27,30)(H,28,31)/t25-/m0/s1. The lowest BCUT2D eigenvalue weighted by molar-refractivity contribution is -0.141. The summed E-state index contributed by atoms with van der Waals surface area (Å²) >= 11 is 3.44. The van der Waals surface area contributed by atoms with E-state index in [1.165, 1.54) is 6.42 Å². The molecule has 0 radical (unpaired) electrons. The number of hydrogen-bond acceptors (Lipinski definition) is 4. The molecule has 1 aliphatic carbocycles. The Kier molecular flexibility index (Phi) is 7.24. The number of halogens is 1. The van der Waals surface area contributed by atoms with E-state index in [2.05, 4.69) is 26.6 Å². The molecule has 1 aliphatic heterocycles. The first-order valence-electron chi connectivity index (χ1n) is 11.6. The number of urea groups is 1. The predicted octanol–water partition coefficient (Wildman–Crippen LogP) is 5.27. The van der Waals surface area contributed by atoms with Crippen molar-refractivity contribution < 1.29 is 19.4 Å². The van der Waals surface area contributed by atoms with E-state index in [1.807, 2.05) is 6.92 Å². The molecular formula is C25H30BrN3O4. The molecule has 3 N–H and O–H groups in total. The van der Waals surface area contributed by atoms with Crippen molar-refractivity contribution in [2.24, 2.45) is 0 Å². The van der Waals surface area contributed by atoms with E-state index in [4.69, 9.17) is 4.74 Å². The molecular weight excluding hydrogens is 486 g/mol. The van der Waals surface area contributed by atoms with E-state index in [0.29, 0.717) is 33.8 Å². The molecule has 3 amide bonds. The summed E-state index contributed by atoms with van der Waals surface area (Å²) in [5, 5.41) is 17.9. The van der Waals surface area contributed by atoms with Crippen LogP contribution in [0.2, 0.25) is 0 Å². The minimum absolute atomic E-state index is 0.0374. The molecule has 0 bridgehead atoms. The van der Waals surface area contributed by atoms with Crippen LogP contribution in [-0.2, 0) is 10.5 Å². The Balaban J connectivity index is 1.74. The second-order valence-corrected chi connectivity index (χ2v) is 9.49. The van der Waals surface area contributed by atoms with Gasteiger partial charge in [-0.25, -0.2) is 4.79 Å². The number of aliphatic hydroxyl groups is 1. The smallest absolute Gasteiger partial charge is 0.329 e. The Morgan fingerprint density at radius 2 is 1.82 bits per heavy atom. The zero-order valence-electron chi connectivity index (χ0n) is 18.8. The lowest BCUT2D eigenvalue weighted by atomic mass is 9.92. The summed E-state index contributed by atoms with van der Waals surface area (Å²) in [4.78, 5) is 28.1. The van der Waals surface area contributed by atoms with Gasteiger partial charge in [0.05, 0.1) is 12.3 Å². The van der Waals surface area contributed by atoms with Gasteiger partial charge in [-0.1, -0.05) is 48.0 Å². The summed E-state index contributed by atoms with van der Waals surface area (Å²) in [6.07, 6.45) is 7.31. The van der Waals surface area contributed by atoms with Crippen LogP contribution in [-0.4, -0.2) is 29.7 Å². The van der Waals surface area contributed by atoms with Crippen LogP contribution in [0, 0.1) is 0 Å². The normalized spacial score (nSPS) is 21.4. The molecule has 4 rings (SSSR count). The van der Waals surface area contributed by atoms with Gasteiger partial charge >= 0.3 is 6.03 Å². The van der Waals surface area contributed by atoms with Crippen molar-refractivity contribution in [3.8, 4) is 5.75 Å². The Morgan fingerprint density at radius 1 is 1.15 bits per heavy atom. The molecule has 0 unspecified atom stereocenters. The fourth-order valence-electron chi connectivity index (χ4n) is 4.62. The number of hydrogen-bond donors (Lipinski definition) is 3. The van der Waals surface area contributed by atoms with Gasteiger partial charge in [-0.2, -0.15) is 0 Å². The highest BCUT2D eigenvalue weighted by Gasteiger charge is 2.52. The molecule has 2 aliphatic rings. The number of fused-ring (bicyclic) bond motifs is 1. The van der Waals surface area contributed by atoms with Crippen molar-refractivity contribution in [2.45, 2.75) is 63.6 Å². The molecule has 1 saturated carbocycles. The van der Waals surface area contributed by atoms with Crippen LogP contribution in [0.4, 0.5) is 16.2 Å². The van der Waals surface area contributed by atoms with Gasteiger partial charge in [0.25, 0.3) is 11.6 Å². The minimum Gasteiger partial charge on any atom is -0.494 e. The molecule has 1 atom stereocenters. The Bertz CT molecular complexity index is 1010. The summed E-state index contributed by atoms with van der Waals surface area (Å²) in [5.41, 5.74) is -1.11. The lowest BCUT2D eigenvalue weighted by Crippen LogP contribution is -2.63. The van der Waals surface area contributed by atoms with Gasteiger partial charge in [-0.05, 0) is 62.2 Å². The molecule has 0 saturated heterocycles. The number of anilines is 2. The summed E-state index contributed by atoms with van der Waals surface area (Å²) in [6, 6.07) is 11.3. The van der Waals surface area contributed by atoms with Gasteiger partial charge in [-0.3, -0.25) is 9.69 Å². The van der Waals surface area contributed by atoms with Gasteiger partial charge in [0.1, 0.15) is 5.75 Å². The summed E-state index contributed by atoms with van der Waals surface area (Å²) in [5.74, 6) is 0.0421. The molecule has 7 nitrogen and oxygen atoms in total. The maximum atomic E-state index is 13.7. The first-order valence-corrected chi connectivity index (χ1v) is 12.4. The maximum absolute atomic E-state index is 13.7. The fourth-order valence-corrected chi connectivity index (χ4v) is 4.99. The molecule has 176 valence electrons. The summed E-state index contributed by atoms with van der Waals surface area (Å²) < 4.78 is 6.20. The number of amides is 3. The molecule has 0 spiro atoms. The first kappa shape index (κ1) is 23.6. The monoisotopic (exact) mass is 515 g/mol. The minimum atomic E-state index is -2.21. The van der Waals surface area contributed by atoms with Crippen LogP contribution in [0.1, 0.15) is 57.4 Å². The highest BCUT2D eigenvalue weighted by atomic mass is 79.9.